The first kappa shape index (κ1) is 10.4. The second-order valence-electron chi connectivity index (χ2n) is 3.22. The highest BCUT2D eigenvalue weighted by molar-refractivity contribution is 6.32. The van der Waals surface area contributed by atoms with Crippen LogP contribution in [0.2, 0.25) is 5.02 Å². The van der Waals surface area contributed by atoms with Crippen molar-refractivity contribution in [3.05, 3.63) is 16.7 Å². The Hall–Kier alpha value is -1.13. The average molecular weight is 231 g/mol. The summed E-state index contributed by atoms with van der Waals surface area (Å²) in [5.41, 5.74) is 0.525. The summed E-state index contributed by atoms with van der Waals surface area (Å²) in [4.78, 5) is 0. The number of hydrogen-bond acceptors (Lipinski definition) is 4. The normalized spacial score (nSPS) is 15.2. The molecule has 0 aliphatic carbocycles. The van der Waals surface area contributed by atoms with Gasteiger partial charge < -0.3 is 19.3 Å². The van der Waals surface area contributed by atoms with E-state index in [-0.39, 0.29) is 6.79 Å². The Morgan fingerprint density at radius 3 is 2.87 bits per heavy atom. The first-order valence-electron chi connectivity index (χ1n) is 4.49. The Morgan fingerprint density at radius 1 is 1.53 bits per heavy atom. The van der Waals surface area contributed by atoms with Gasteiger partial charge in [-0.3, -0.25) is 0 Å². The second-order valence-corrected chi connectivity index (χ2v) is 3.62. The molecule has 1 unspecified atom stereocenters. The lowest BCUT2D eigenvalue weighted by atomic mass is 10.1. The molecule has 5 heteroatoms. The van der Waals surface area contributed by atoms with Gasteiger partial charge in [0.25, 0.3) is 0 Å². The van der Waals surface area contributed by atoms with Gasteiger partial charge in [-0.1, -0.05) is 11.6 Å². The van der Waals surface area contributed by atoms with Crippen LogP contribution < -0.4 is 14.2 Å². The lowest BCUT2D eigenvalue weighted by Gasteiger charge is -2.14. The van der Waals surface area contributed by atoms with Crippen LogP contribution in [0.1, 0.15) is 18.6 Å². The van der Waals surface area contributed by atoms with E-state index in [9.17, 15) is 5.11 Å². The lowest BCUT2D eigenvalue weighted by Crippen LogP contribution is -2.00. The van der Waals surface area contributed by atoms with E-state index in [4.69, 9.17) is 25.8 Å². The summed E-state index contributed by atoms with van der Waals surface area (Å²) in [5, 5.41) is 10.1. The number of halogens is 1. The lowest BCUT2D eigenvalue weighted by molar-refractivity contribution is 0.162. The van der Waals surface area contributed by atoms with Crippen LogP contribution in [0.3, 0.4) is 0 Å². The zero-order valence-electron chi connectivity index (χ0n) is 8.41. The summed E-state index contributed by atoms with van der Waals surface area (Å²) in [6, 6.07) is 1.62. The van der Waals surface area contributed by atoms with Gasteiger partial charge in [-0.25, -0.2) is 0 Å². The third-order valence-electron chi connectivity index (χ3n) is 2.23. The minimum atomic E-state index is -0.728. The van der Waals surface area contributed by atoms with E-state index in [1.165, 1.54) is 7.11 Å². The molecule has 4 nitrogen and oxygen atoms in total. The number of fused-ring (bicyclic) bond motifs is 1. The third-order valence-corrected chi connectivity index (χ3v) is 2.51. The summed E-state index contributed by atoms with van der Waals surface area (Å²) in [6.07, 6.45) is -0.728. The summed E-state index contributed by atoms with van der Waals surface area (Å²) >= 11 is 5.99. The monoisotopic (exact) mass is 230 g/mol. The SMILES string of the molecule is COc1c(Cl)cc2c(c1C(C)O)OCO2. The highest BCUT2D eigenvalue weighted by Crippen LogP contribution is 2.47. The van der Waals surface area contributed by atoms with Crippen LogP contribution in [0.5, 0.6) is 17.2 Å². The van der Waals surface area contributed by atoms with Crippen LogP contribution >= 0.6 is 11.6 Å². The maximum atomic E-state index is 9.65. The first-order valence-corrected chi connectivity index (χ1v) is 4.87. The van der Waals surface area contributed by atoms with Crippen molar-refractivity contribution >= 4 is 11.6 Å². The molecule has 0 saturated heterocycles. The molecule has 0 fully saturated rings. The number of ether oxygens (including phenoxy) is 3. The van der Waals surface area contributed by atoms with Gasteiger partial charge in [0.2, 0.25) is 6.79 Å². The van der Waals surface area contributed by atoms with Crippen molar-refractivity contribution in [2.75, 3.05) is 13.9 Å². The number of methoxy groups -OCH3 is 1. The van der Waals surface area contributed by atoms with Crippen molar-refractivity contribution in [3.63, 3.8) is 0 Å². The fraction of sp³-hybridized carbons (Fsp3) is 0.400. The molecule has 1 aliphatic heterocycles. The van der Waals surface area contributed by atoms with Gasteiger partial charge in [0.15, 0.2) is 11.5 Å². The average Bonchev–Trinajstić information content (AvgIpc) is 2.62. The molecule has 1 aromatic rings. The first-order chi connectivity index (χ1) is 7.15. The third kappa shape index (κ3) is 1.60. The fourth-order valence-corrected chi connectivity index (χ4v) is 1.88. The molecule has 0 spiro atoms. The van der Waals surface area contributed by atoms with Crippen LogP contribution in [0, 0.1) is 0 Å². The Morgan fingerprint density at radius 2 is 2.27 bits per heavy atom. The molecule has 0 radical (unpaired) electrons. The quantitative estimate of drug-likeness (QED) is 0.846. The molecule has 0 aromatic heterocycles. The molecule has 1 aromatic carbocycles. The Balaban J connectivity index is 2.66. The van der Waals surface area contributed by atoms with Crippen molar-refractivity contribution < 1.29 is 19.3 Å². The standard InChI is InChI=1S/C10H11ClO4/c1-5(12)8-9(13-2)6(11)3-7-10(8)15-4-14-7/h3,5,12H,4H2,1-2H3. The van der Waals surface area contributed by atoms with E-state index in [1.54, 1.807) is 13.0 Å². The maximum absolute atomic E-state index is 9.65. The molecule has 0 saturated carbocycles. The van der Waals surface area contributed by atoms with E-state index in [2.05, 4.69) is 0 Å². The zero-order valence-corrected chi connectivity index (χ0v) is 9.17. The second kappa shape index (κ2) is 3.79. The van der Waals surface area contributed by atoms with Crippen LogP contribution in [0.4, 0.5) is 0 Å². The van der Waals surface area contributed by atoms with E-state index >= 15 is 0 Å². The topological polar surface area (TPSA) is 47.9 Å². The Bertz CT molecular complexity index is 386. The van der Waals surface area contributed by atoms with Gasteiger partial charge in [0.05, 0.1) is 23.8 Å². The molecule has 1 N–H and O–H groups in total. The highest BCUT2D eigenvalue weighted by Gasteiger charge is 2.26. The number of aliphatic hydroxyl groups is 1. The minimum absolute atomic E-state index is 0.137. The minimum Gasteiger partial charge on any atom is -0.495 e. The Kier molecular flexibility index (Phi) is 2.63. The molecule has 1 heterocycles. The molecule has 1 atom stereocenters. The highest BCUT2D eigenvalue weighted by atomic mass is 35.5. The molecule has 0 amide bonds. The number of hydrogen-bond donors (Lipinski definition) is 1. The molecular formula is C10H11ClO4. The van der Waals surface area contributed by atoms with Crippen molar-refractivity contribution in [2.24, 2.45) is 0 Å². The molecule has 0 bridgehead atoms. The predicted molar refractivity (Wildman–Crippen MR) is 54.8 cm³/mol. The zero-order chi connectivity index (χ0) is 11.0. The fourth-order valence-electron chi connectivity index (χ4n) is 1.61. The molecule has 82 valence electrons. The Labute approximate surface area is 92.3 Å². The number of benzene rings is 1. The summed E-state index contributed by atoms with van der Waals surface area (Å²) in [5.74, 6) is 1.47. The summed E-state index contributed by atoms with van der Waals surface area (Å²) in [6.45, 7) is 1.76. The van der Waals surface area contributed by atoms with Crippen molar-refractivity contribution in [3.8, 4) is 17.2 Å². The maximum Gasteiger partial charge on any atom is 0.231 e. The van der Waals surface area contributed by atoms with Crippen LogP contribution in [-0.2, 0) is 0 Å². The van der Waals surface area contributed by atoms with E-state index in [0.717, 1.165) is 0 Å². The van der Waals surface area contributed by atoms with Crippen molar-refractivity contribution in [2.45, 2.75) is 13.0 Å². The largest absolute Gasteiger partial charge is 0.495 e. The van der Waals surface area contributed by atoms with Gasteiger partial charge in [-0.2, -0.15) is 0 Å². The van der Waals surface area contributed by atoms with Crippen molar-refractivity contribution in [1.29, 1.82) is 0 Å². The van der Waals surface area contributed by atoms with Gasteiger partial charge >= 0.3 is 0 Å². The van der Waals surface area contributed by atoms with E-state index in [1.807, 2.05) is 0 Å². The summed E-state index contributed by atoms with van der Waals surface area (Å²) < 4.78 is 15.6. The predicted octanol–water partition coefficient (Wildman–Crippen LogP) is 2.13. The van der Waals surface area contributed by atoms with Crippen LogP contribution in [0.15, 0.2) is 6.07 Å². The molecule has 1 aliphatic rings. The van der Waals surface area contributed by atoms with Crippen LogP contribution in [-0.4, -0.2) is 19.0 Å². The molecule has 2 rings (SSSR count). The van der Waals surface area contributed by atoms with Gasteiger partial charge in [0, 0.05) is 6.07 Å². The molecule has 15 heavy (non-hydrogen) atoms. The van der Waals surface area contributed by atoms with Gasteiger partial charge in [0.1, 0.15) is 5.75 Å². The van der Waals surface area contributed by atoms with Crippen molar-refractivity contribution in [1.82, 2.24) is 0 Å². The molecular weight excluding hydrogens is 220 g/mol. The van der Waals surface area contributed by atoms with Gasteiger partial charge in [-0.15, -0.1) is 0 Å². The summed E-state index contributed by atoms with van der Waals surface area (Å²) in [7, 11) is 1.50. The smallest absolute Gasteiger partial charge is 0.231 e. The van der Waals surface area contributed by atoms with Crippen LogP contribution in [0.25, 0.3) is 0 Å². The van der Waals surface area contributed by atoms with E-state index < -0.39 is 6.10 Å². The number of rotatable bonds is 2. The van der Waals surface area contributed by atoms with E-state index in [0.29, 0.717) is 27.8 Å². The number of aliphatic hydroxyl groups excluding tert-OH is 1. The van der Waals surface area contributed by atoms with Gasteiger partial charge in [-0.05, 0) is 6.92 Å².